The number of hydrogen-bond acceptors (Lipinski definition) is 5. The van der Waals surface area contributed by atoms with Gasteiger partial charge in [-0.2, -0.15) is 0 Å². The average molecular weight is 264 g/mol. The van der Waals surface area contributed by atoms with Crippen LogP contribution in [0.5, 0.6) is 5.75 Å². The molecule has 0 aliphatic heterocycles. The standard InChI is InChI=1S/C10H11F3N2O3/c1-2-17-9(16)7-4-3-6(15-14)5-8(7)18-10(11,12)13/h3-5,15H,2,14H2,1H3. The fraction of sp³-hybridized carbons (Fsp3) is 0.300. The van der Waals surface area contributed by atoms with Crippen LogP contribution in [0, 0.1) is 0 Å². The van der Waals surface area contributed by atoms with Crippen LogP contribution in [0.2, 0.25) is 0 Å². The van der Waals surface area contributed by atoms with Crippen molar-refractivity contribution < 1.29 is 27.4 Å². The summed E-state index contributed by atoms with van der Waals surface area (Å²) in [6.45, 7) is 1.58. The second-order valence-electron chi connectivity index (χ2n) is 3.12. The molecule has 0 spiro atoms. The number of hydrogen-bond donors (Lipinski definition) is 2. The Kier molecular flexibility index (Phi) is 4.38. The summed E-state index contributed by atoms with van der Waals surface area (Å²) in [5.41, 5.74) is 1.99. The molecule has 0 unspecified atom stereocenters. The second kappa shape index (κ2) is 5.58. The molecule has 0 amide bonds. The molecule has 3 N–H and O–H groups in total. The van der Waals surface area contributed by atoms with Crippen LogP contribution in [-0.2, 0) is 4.74 Å². The number of nitrogen functional groups attached to an aromatic ring is 1. The highest BCUT2D eigenvalue weighted by Gasteiger charge is 2.33. The molecule has 0 atom stereocenters. The number of anilines is 1. The molecule has 0 aromatic heterocycles. The summed E-state index contributed by atoms with van der Waals surface area (Å²) in [6, 6.07) is 3.42. The first-order chi connectivity index (χ1) is 8.37. The van der Waals surface area contributed by atoms with Crippen LogP contribution in [-0.4, -0.2) is 18.9 Å². The molecule has 1 aromatic carbocycles. The van der Waals surface area contributed by atoms with Gasteiger partial charge in [0.2, 0.25) is 0 Å². The Labute approximate surface area is 101 Å². The van der Waals surface area contributed by atoms with E-state index in [0.29, 0.717) is 0 Å². The van der Waals surface area contributed by atoms with E-state index in [9.17, 15) is 18.0 Å². The van der Waals surface area contributed by atoms with Crippen molar-refractivity contribution in [3.8, 4) is 5.75 Å². The Bertz CT molecular complexity index is 435. The zero-order chi connectivity index (χ0) is 13.8. The van der Waals surface area contributed by atoms with Gasteiger partial charge in [-0.3, -0.25) is 5.84 Å². The van der Waals surface area contributed by atoms with Crippen molar-refractivity contribution in [3.63, 3.8) is 0 Å². The van der Waals surface area contributed by atoms with Gasteiger partial charge in [0.05, 0.1) is 12.3 Å². The number of benzene rings is 1. The Morgan fingerprint density at radius 3 is 2.61 bits per heavy atom. The van der Waals surface area contributed by atoms with Gasteiger partial charge >= 0.3 is 12.3 Å². The summed E-state index contributed by atoms with van der Waals surface area (Å²) in [5.74, 6) is 3.49. The lowest BCUT2D eigenvalue weighted by atomic mass is 10.2. The van der Waals surface area contributed by atoms with E-state index in [1.165, 1.54) is 13.0 Å². The maximum Gasteiger partial charge on any atom is 0.573 e. The van der Waals surface area contributed by atoms with Gasteiger partial charge in [0, 0.05) is 6.07 Å². The minimum Gasteiger partial charge on any atom is -0.462 e. The van der Waals surface area contributed by atoms with Gasteiger partial charge < -0.3 is 14.9 Å². The van der Waals surface area contributed by atoms with Crippen molar-refractivity contribution in [2.45, 2.75) is 13.3 Å². The Hall–Kier alpha value is -1.96. The highest BCUT2D eigenvalue weighted by atomic mass is 19.4. The zero-order valence-corrected chi connectivity index (χ0v) is 9.38. The van der Waals surface area contributed by atoms with E-state index >= 15 is 0 Å². The normalized spacial score (nSPS) is 10.9. The summed E-state index contributed by atoms with van der Waals surface area (Å²) < 4.78 is 44.9. The number of esters is 1. The third kappa shape index (κ3) is 3.81. The second-order valence-corrected chi connectivity index (χ2v) is 3.12. The predicted octanol–water partition coefficient (Wildman–Crippen LogP) is 2.05. The van der Waals surface area contributed by atoms with Crippen molar-refractivity contribution in [3.05, 3.63) is 23.8 Å². The molecule has 0 saturated heterocycles. The van der Waals surface area contributed by atoms with Crippen LogP contribution >= 0.6 is 0 Å². The molecule has 18 heavy (non-hydrogen) atoms. The molecule has 0 bridgehead atoms. The first-order valence-electron chi connectivity index (χ1n) is 4.91. The first kappa shape index (κ1) is 14.1. The summed E-state index contributed by atoms with van der Waals surface area (Å²) >= 11 is 0. The van der Waals surface area contributed by atoms with Crippen molar-refractivity contribution in [2.75, 3.05) is 12.0 Å². The van der Waals surface area contributed by atoms with E-state index in [1.54, 1.807) is 0 Å². The monoisotopic (exact) mass is 264 g/mol. The molecule has 0 heterocycles. The molecule has 0 saturated carbocycles. The summed E-state index contributed by atoms with van der Waals surface area (Å²) in [6.07, 6.45) is -4.91. The number of hydrazine groups is 1. The van der Waals surface area contributed by atoms with Crippen LogP contribution in [0.25, 0.3) is 0 Å². The van der Waals surface area contributed by atoms with Crippen LogP contribution in [0.1, 0.15) is 17.3 Å². The van der Waals surface area contributed by atoms with Crippen molar-refractivity contribution in [2.24, 2.45) is 5.84 Å². The highest BCUT2D eigenvalue weighted by molar-refractivity contribution is 5.93. The maximum atomic E-state index is 12.2. The van der Waals surface area contributed by atoms with Gasteiger partial charge in [-0.05, 0) is 19.1 Å². The number of ether oxygens (including phenoxy) is 2. The Morgan fingerprint density at radius 1 is 1.44 bits per heavy atom. The topological polar surface area (TPSA) is 73.6 Å². The molecule has 0 aliphatic rings. The van der Waals surface area contributed by atoms with Crippen molar-refractivity contribution >= 4 is 11.7 Å². The third-order valence-electron chi connectivity index (χ3n) is 1.87. The van der Waals surface area contributed by atoms with E-state index in [2.05, 4.69) is 14.9 Å². The van der Waals surface area contributed by atoms with Gasteiger partial charge in [0.1, 0.15) is 11.3 Å². The molecular formula is C10H11F3N2O3. The van der Waals surface area contributed by atoms with Crippen LogP contribution in [0.3, 0.4) is 0 Å². The molecular weight excluding hydrogens is 253 g/mol. The largest absolute Gasteiger partial charge is 0.573 e. The molecule has 1 aromatic rings. The maximum absolute atomic E-state index is 12.2. The lowest BCUT2D eigenvalue weighted by Crippen LogP contribution is -2.20. The van der Waals surface area contributed by atoms with Crippen LogP contribution in [0.4, 0.5) is 18.9 Å². The summed E-state index contributed by atoms with van der Waals surface area (Å²) in [5, 5.41) is 0. The number of rotatable bonds is 4. The fourth-order valence-electron chi connectivity index (χ4n) is 1.20. The van der Waals surface area contributed by atoms with Gasteiger partial charge in [0.15, 0.2) is 0 Å². The number of alkyl halides is 3. The minimum absolute atomic E-state index is 0.0428. The number of carbonyl (C=O) groups is 1. The first-order valence-corrected chi connectivity index (χ1v) is 4.91. The van der Waals surface area contributed by atoms with Crippen molar-refractivity contribution in [1.82, 2.24) is 0 Å². The van der Waals surface area contributed by atoms with Crippen LogP contribution in [0.15, 0.2) is 18.2 Å². The quantitative estimate of drug-likeness (QED) is 0.494. The van der Waals surface area contributed by atoms with Gasteiger partial charge in [-0.25, -0.2) is 4.79 Å². The van der Waals surface area contributed by atoms with Crippen molar-refractivity contribution in [1.29, 1.82) is 0 Å². The predicted molar refractivity (Wildman–Crippen MR) is 56.9 cm³/mol. The number of nitrogens with one attached hydrogen (secondary N) is 1. The van der Waals surface area contributed by atoms with Gasteiger partial charge in [0.25, 0.3) is 0 Å². The summed E-state index contributed by atoms with van der Waals surface area (Å²) in [7, 11) is 0. The smallest absolute Gasteiger partial charge is 0.462 e. The van der Waals surface area contributed by atoms with E-state index < -0.39 is 18.1 Å². The molecule has 0 aliphatic carbocycles. The molecule has 5 nitrogen and oxygen atoms in total. The van der Waals surface area contributed by atoms with Crippen LogP contribution < -0.4 is 16.0 Å². The minimum atomic E-state index is -4.91. The summed E-state index contributed by atoms with van der Waals surface area (Å²) in [4.78, 5) is 11.4. The number of carbonyl (C=O) groups excluding carboxylic acids is 1. The lowest BCUT2D eigenvalue weighted by molar-refractivity contribution is -0.274. The SMILES string of the molecule is CCOC(=O)c1ccc(NN)cc1OC(F)(F)F. The fourth-order valence-corrected chi connectivity index (χ4v) is 1.20. The highest BCUT2D eigenvalue weighted by Crippen LogP contribution is 2.29. The molecule has 100 valence electrons. The molecule has 0 fully saturated rings. The number of halogens is 3. The van der Waals surface area contributed by atoms with Gasteiger partial charge in [-0.15, -0.1) is 13.2 Å². The van der Waals surface area contributed by atoms with E-state index in [-0.39, 0.29) is 17.9 Å². The average Bonchev–Trinajstić information content (AvgIpc) is 2.27. The zero-order valence-electron chi connectivity index (χ0n) is 9.38. The lowest BCUT2D eigenvalue weighted by Gasteiger charge is -2.13. The molecule has 0 radical (unpaired) electrons. The Balaban J connectivity index is 3.12. The van der Waals surface area contributed by atoms with E-state index in [4.69, 9.17) is 5.84 Å². The molecule has 1 rings (SSSR count). The van der Waals surface area contributed by atoms with Gasteiger partial charge in [-0.1, -0.05) is 0 Å². The Morgan fingerprint density at radius 2 is 2.11 bits per heavy atom. The van der Waals surface area contributed by atoms with E-state index in [1.807, 2.05) is 0 Å². The molecule has 8 heteroatoms. The van der Waals surface area contributed by atoms with E-state index in [0.717, 1.165) is 12.1 Å². The number of nitrogens with two attached hydrogens (primary N) is 1. The third-order valence-corrected chi connectivity index (χ3v) is 1.87.